The summed E-state index contributed by atoms with van der Waals surface area (Å²) in [4.78, 5) is 11.2. The monoisotopic (exact) mass is 460 g/mol. The van der Waals surface area contributed by atoms with E-state index in [1.165, 1.54) is 0 Å². The van der Waals surface area contributed by atoms with E-state index >= 15 is 0 Å². The Kier molecular flexibility index (Phi) is 9.02. The molecule has 2 atom stereocenters. The van der Waals surface area contributed by atoms with Crippen LogP contribution in [-0.2, 0) is 16.0 Å². The molecule has 178 valence electrons. The van der Waals surface area contributed by atoms with Gasteiger partial charge in [0.15, 0.2) is 6.10 Å². The van der Waals surface area contributed by atoms with Crippen LogP contribution in [0.5, 0.6) is 5.75 Å². The largest absolute Gasteiger partial charge is 0.490 e. The minimum Gasteiger partial charge on any atom is -0.490 e. The fourth-order valence-electron chi connectivity index (χ4n) is 3.64. The van der Waals surface area contributed by atoms with Crippen LogP contribution in [0.4, 0.5) is 0 Å². The fraction of sp³-hybridized carbons (Fsp3) is 0.276. The number of aliphatic carboxylic acids is 1. The summed E-state index contributed by atoms with van der Waals surface area (Å²) in [5, 5.41) is 19.0. The zero-order chi connectivity index (χ0) is 24.5. The molecule has 2 N–H and O–H groups in total. The summed E-state index contributed by atoms with van der Waals surface area (Å²) >= 11 is 0. The molecule has 5 nitrogen and oxygen atoms in total. The van der Waals surface area contributed by atoms with E-state index in [9.17, 15) is 15.0 Å². The van der Waals surface area contributed by atoms with Gasteiger partial charge in [-0.1, -0.05) is 54.6 Å². The summed E-state index contributed by atoms with van der Waals surface area (Å²) in [6.07, 6.45) is 1.03. The smallest absolute Gasteiger partial charge is 0.333 e. The lowest BCUT2D eigenvalue weighted by atomic mass is 9.98. The van der Waals surface area contributed by atoms with Gasteiger partial charge in [0.1, 0.15) is 12.4 Å². The number of ether oxygens (including phenoxy) is 2. The number of benzene rings is 3. The van der Waals surface area contributed by atoms with E-state index in [0.29, 0.717) is 19.6 Å². The number of aliphatic hydroxyl groups excluding tert-OH is 1. The molecule has 0 bridgehead atoms. The highest BCUT2D eigenvalue weighted by molar-refractivity contribution is 5.73. The molecule has 34 heavy (non-hydrogen) atoms. The van der Waals surface area contributed by atoms with Crippen LogP contribution in [0.1, 0.15) is 43.6 Å². The first-order valence-electron chi connectivity index (χ1n) is 11.5. The highest BCUT2D eigenvalue weighted by atomic mass is 16.5. The van der Waals surface area contributed by atoms with Crippen molar-refractivity contribution < 1.29 is 24.5 Å². The molecule has 0 amide bonds. The number of allylic oxidation sites excluding steroid dienone is 1. The number of aliphatic hydroxyl groups is 1. The Morgan fingerprint density at radius 2 is 1.71 bits per heavy atom. The van der Waals surface area contributed by atoms with Gasteiger partial charge in [-0.25, -0.2) is 4.79 Å². The van der Waals surface area contributed by atoms with E-state index < -0.39 is 18.2 Å². The molecule has 3 rings (SSSR count). The summed E-state index contributed by atoms with van der Waals surface area (Å²) in [5.74, 6) is -0.228. The predicted octanol–water partition coefficient (Wildman–Crippen LogP) is 5.92. The summed E-state index contributed by atoms with van der Waals surface area (Å²) in [5.41, 5.74) is 6.20. The third kappa shape index (κ3) is 7.04. The lowest BCUT2D eigenvalue weighted by Gasteiger charge is -2.12. The average molecular weight is 461 g/mol. The van der Waals surface area contributed by atoms with Crippen LogP contribution in [0.2, 0.25) is 0 Å². The minimum atomic E-state index is -0.955. The van der Waals surface area contributed by atoms with Crippen LogP contribution in [0, 0.1) is 0 Å². The Hall–Kier alpha value is -3.41. The van der Waals surface area contributed by atoms with Gasteiger partial charge in [-0.2, -0.15) is 0 Å². The third-order valence-electron chi connectivity index (χ3n) is 5.67. The summed E-state index contributed by atoms with van der Waals surface area (Å²) in [6.45, 7) is 6.40. The number of carbonyl (C=O) groups is 1. The highest BCUT2D eigenvalue weighted by Gasteiger charge is 2.17. The molecule has 0 aliphatic rings. The summed E-state index contributed by atoms with van der Waals surface area (Å²) < 4.78 is 11.1. The second-order valence-corrected chi connectivity index (χ2v) is 8.21. The quantitative estimate of drug-likeness (QED) is 0.371. The van der Waals surface area contributed by atoms with Crippen molar-refractivity contribution in [3.05, 3.63) is 95.6 Å². The van der Waals surface area contributed by atoms with Crippen molar-refractivity contribution in [3.8, 4) is 16.9 Å². The first-order chi connectivity index (χ1) is 16.4. The standard InChI is InChI=1S/C29H32O5/c1-4-33-28(29(31)32)18-22-8-14-27(15-9-22)34-17-16-20(2)23-10-12-24(13-11-23)26-7-5-6-25(19-26)21(3)30/h5-16,19,21,28,30H,4,17-18H2,1-3H3,(H,31,32)/b20-16+. The predicted molar refractivity (Wildman–Crippen MR) is 135 cm³/mol. The van der Waals surface area contributed by atoms with Crippen molar-refractivity contribution in [2.75, 3.05) is 13.2 Å². The van der Waals surface area contributed by atoms with E-state index in [0.717, 1.165) is 39.1 Å². The zero-order valence-corrected chi connectivity index (χ0v) is 19.9. The average Bonchev–Trinajstić information content (AvgIpc) is 2.84. The van der Waals surface area contributed by atoms with Crippen molar-refractivity contribution in [2.45, 2.75) is 39.4 Å². The maximum absolute atomic E-state index is 11.2. The van der Waals surface area contributed by atoms with E-state index in [4.69, 9.17) is 9.47 Å². The number of carboxylic acids is 1. The minimum absolute atomic E-state index is 0.321. The number of carboxylic acid groups (broad SMARTS) is 1. The molecule has 0 saturated carbocycles. The van der Waals surface area contributed by atoms with Gasteiger partial charge in [0.05, 0.1) is 6.10 Å². The fourth-order valence-corrected chi connectivity index (χ4v) is 3.64. The van der Waals surface area contributed by atoms with Gasteiger partial charge in [-0.15, -0.1) is 0 Å². The molecule has 0 aliphatic heterocycles. The van der Waals surface area contributed by atoms with Crippen LogP contribution >= 0.6 is 0 Å². The van der Waals surface area contributed by atoms with Crippen LogP contribution in [0.3, 0.4) is 0 Å². The molecule has 0 aromatic heterocycles. The molecule has 2 unspecified atom stereocenters. The van der Waals surface area contributed by atoms with Gasteiger partial charge >= 0.3 is 5.97 Å². The number of rotatable bonds is 11. The van der Waals surface area contributed by atoms with Gasteiger partial charge in [-0.3, -0.25) is 0 Å². The maximum atomic E-state index is 11.2. The first-order valence-corrected chi connectivity index (χ1v) is 11.5. The van der Waals surface area contributed by atoms with E-state index in [2.05, 4.69) is 31.2 Å². The van der Waals surface area contributed by atoms with Gasteiger partial charge < -0.3 is 19.7 Å². The van der Waals surface area contributed by atoms with Crippen molar-refractivity contribution in [3.63, 3.8) is 0 Å². The van der Waals surface area contributed by atoms with E-state index in [1.54, 1.807) is 13.8 Å². The molecule has 0 fully saturated rings. The van der Waals surface area contributed by atoms with Gasteiger partial charge in [0, 0.05) is 13.0 Å². The topological polar surface area (TPSA) is 76.0 Å². The third-order valence-corrected chi connectivity index (χ3v) is 5.67. The number of hydrogen-bond donors (Lipinski definition) is 2. The normalized spacial score (nSPS) is 13.4. The molecular formula is C29H32O5. The Labute approximate surface area is 201 Å². The maximum Gasteiger partial charge on any atom is 0.333 e. The van der Waals surface area contributed by atoms with Crippen LogP contribution < -0.4 is 4.74 Å². The lowest BCUT2D eigenvalue weighted by molar-refractivity contribution is -0.149. The molecule has 0 saturated heterocycles. The molecular weight excluding hydrogens is 428 g/mol. The molecule has 3 aromatic carbocycles. The lowest BCUT2D eigenvalue weighted by Crippen LogP contribution is -2.26. The Morgan fingerprint density at radius 1 is 1.00 bits per heavy atom. The Morgan fingerprint density at radius 3 is 2.32 bits per heavy atom. The van der Waals surface area contributed by atoms with Gasteiger partial charge in [-0.05, 0) is 78.4 Å². The summed E-state index contributed by atoms with van der Waals surface area (Å²) in [6, 6.07) is 23.7. The summed E-state index contributed by atoms with van der Waals surface area (Å²) in [7, 11) is 0. The van der Waals surface area contributed by atoms with E-state index in [-0.39, 0.29) is 0 Å². The van der Waals surface area contributed by atoms with Gasteiger partial charge in [0.2, 0.25) is 0 Å². The van der Waals surface area contributed by atoms with Crippen LogP contribution in [0.25, 0.3) is 16.7 Å². The molecule has 5 heteroatoms. The SMILES string of the molecule is CCOC(Cc1ccc(OC/C=C(\C)c2ccc(-c3cccc(C(C)O)c3)cc2)cc1)C(=O)O. The van der Waals surface area contributed by atoms with E-state index in [1.807, 2.05) is 54.6 Å². The Bertz CT molecular complexity index is 1100. The van der Waals surface area contributed by atoms with Crippen LogP contribution in [-0.4, -0.2) is 35.5 Å². The molecule has 0 spiro atoms. The molecule has 0 heterocycles. The van der Waals surface area contributed by atoms with Crippen LogP contribution in [0.15, 0.2) is 78.9 Å². The van der Waals surface area contributed by atoms with Crippen molar-refractivity contribution in [1.29, 1.82) is 0 Å². The van der Waals surface area contributed by atoms with Crippen molar-refractivity contribution >= 4 is 11.5 Å². The first kappa shape index (κ1) is 25.2. The number of hydrogen-bond acceptors (Lipinski definition) is 4. The molecule has 0 aliphatic carbocycles. The Balaban J connectivity index is 1.57. The van der Waals surface area contributed by atoms with Gasteiger partial charge in [0.25, 0.3) is 0 Å². The second-order valence-electron chi connectivity index (χ2n) is 8.21. The molecule has 3 aromatic rings. The van der Waals surface area contributed by atoms with Crippen molar-refractivity contribution in [2.24, 2.45) is 0 Å². The second kappa shape index (κ2) is 12.2. The van der Waals surface area contributed by atoms with Crippen molar-refractivity contribution in [1.82, 2.24) is 0 Å². The zero-order valence-electron chi connectivity index (χ0n) is 19.9. The molecule has 0 radical (unpaired) electrons. The highest BCUT2D eigenvalue weighted by Crippen LogP contribution is 2.25.